The molecule has 0 heterocycles. The van der Waals surface area contributed by atoms with E-state index in [9.17, 15) is 12.8 Å². The predicted molar refractivity (Wildman–Crippen MR) is 82.3 cm³/mol. The standard InChI is InChI=1S/C15H17FN2O2S/c1-9-8-13(17)11(3)15(10(9)2)21(19,20)18-14-7-5-4-6-12(14)16/h4-8,18H,17H2,1-3H3. The molecule has 0 atom stereocenters. The van der Waals surface area contributed by atoms with Gasteiger partial charge in [0.15, 0.2) is 0 Å². The molecule has 112 valence electrons. The Morgan fingerprint density at radius 3 is 2.33 bits per heavy atom. The number of para-hydroxylation sites is 1. The Kier molecular flexibility index (Phi) is 3.91. The van der Waals surface area contributed by atoms with Crippen LogP contribution in [-0.2, 0) is 10.0 Å². The number of halogens is 1. The molecule has 21 heavy (non-hydrogen) atoms. The van der Waals surface area contributed by atoms with Crippen molar-refractivity contribution in [3.8, 4) is 0 Å². The van der Waals surface area contributed by atoms with Crippen LogP contribution >= 0.6 is 0 Å². The van der Waals surface area contributed by atoms with Gasteiger partial charge in [0.05, 0.1) is 10.6 Å². The first-order chi connectivity index (χ1) is 9.74. The maximum atomic E-state index is 13.6. The summed E-state index contributed by atoms with van der Waals surface area (Å²) in [6, 6.07) is 7.35. The van der Waals surface area contributed by atoms with Crippen LogP contribution in [0, 0.1) is 26.6 Å². The van der Waals surface area contributed by atoms with E-state index in [1.807, 2.05) is 0 Å². The molecule has 0 spiro atoms. The zero-order chi connectivity index (χ0) is 15.8. The second-order valence-electron chi connectivity index (χ2n) is 4.95. The summed E-state index contributed by atoms with van der Waals surface area (Å²) in [5.74, 6) is -0.628. The van der Waals surface area contributed by atoms with Gasteiger partial charge in [-0.15, -0.1) is 0 Å². The van der Waals surface area contributed by atoms with Gasteiger partial charge in [0.2, 0.25) is 0 Å². The summed E-state index contributed by atoms with van der Waals surface area (Å²) in [7, 11) is -3.91. The van der Waals surface area contributed by atoms with E-state index in [-0.39, 0.29) is 10.6 Å². The third-order valence-electron chi connectivity index (χ3n) is 3.46. The fourth-order valence-corrected chi connectivity index (χ4v) is 3.83. The Hall–Kier alpha value is -2.08. The SMILES string of the molecule is Cc1cc(N)c(C)c(S(=O)(=O)Nc2ccccc2F)c1C. The highest BCUT2D eigenvalue weighted by molar-refractivity contribution is 7.92. The molecular weight excluding hydrogens is 291 g/mol. The molecule has 0 radical (unpaired) electrons. The van der Waals surface area contributed by atoms with Gasteiger partial charge >= 0.3 is 0 Å². The van der Waals surface area contributed by atoms with Gasteiger partial charge in [-0.1, -0.05) is 12.1 Å². The zero-order valence-electron chi connectivity index (χ0n) is 12.1. The Balaban J connectivity index is 2.58. The van der Waals surface area contributed by atoms with Crippen LogP contribution < -0.4 is 10.5 Å². The molecule has 0 unspecified atom stereocenters. The van der Waals surface area contributed by atoms with Gasteiger partial charge in [-0.3, -0.25) is 4.72 Å². The van der Waals surface area contributed by atoms with E-state index >= 15 is 0 Å². The lowest BCUT2D eigenvalue weighted by atomic mass is 10.1. The van der Waals surface area contributed by atoms with Crippen molar-refractivity contribution in [1.82, 2.24) is 0 Å². The van der Waals surface area contributed by atoms with Crippen molar-refractivity contribution in [3.05, 3.63) is 52.8 Å². The minimum Gasteiger partial charge on any atom is -0.398 e. The van der Waals surface area contributed by atoms with E-state index in [1.54, 1.807) is 32.9 Å². The lowest BCUT2D eigenvalue weighted by molar-refractivity contribution is 0.597. The van der Waals surface area contributed by atoms with Gasteiger partial charge in [-0.25, -0.2) is 12.8 Å². The molecule has 0 aromatic heterocycles. The van der Waals surface area contributed by atoms with E-state index in [1.165, 1.54) is 18.2 Å². The summed E-state index contributed by atoms with van der Waals surface area (Å²) in [6.45, 7) is 5.13. The van der Waals surface area contributed by atoms with Gasteiger partial charge in [-0.05, 0) is 55.7 Å². The number of anilines is 2. The van der Waals surface area contributed by atoms with Gasteiger partial charge < -0.3 is 5.73 Å². The minimum atomic E-state index is -3.91. The zero-order valence-corrected chi connectivity index (χ0v) is 12.9. The summed E-state index contributed by atoms with van der Waals surface area (Å²) in [4.78, 5) is 0.100. The lowest BCUT2D eigenvalue weighted by Gasteiger charge is -2.16. The monoisotopic (exact) mass is 308 g/mol. The predicted octanol–water partition coefficient (Wildman–Crippen LogP) is 3.13. The number of hydrogen-bond donors (Lipinski definition) is 2. The highest BCUT2D eigenvalue weighted by Gasteiger charge is 2.23. The molecule has 0 amide bonds. The van der Waals surface area contributed by atoms with Gasteiger partial charge in [0.1, 0.15) is 5.82 Å². The molecule has 0 saturated carbocycles. The topological polar surface area (TPSA) is 72.2 Å². The molecule has 2 aromatic rings. The van der Waals surface area contributed by atoms with E-state index in [0.29, 0.717) is 16.8 Å². The van der Waals surface area contributed by atoms with Crippen LogP contribution in [0.15, 0.2) is 35.2 Å². The number of hydrogen-bond acceptors (Lipinski definition) is 3. The van der Waals surface area contributed by atoms with Crippen LogP contribution in [-0.4, -0.2) is 8.42 Å². The lowest BCUT2D eigenvalue weighted by Crippen LogP contribution is -2.18. The largest absolute Gasteiger partial charge is 0.398 e. The van der Waals surface area contributed by atoms with E-state index < -0.39 is 15.8 Å². The van der Waals surface area contributed by atoms with Crippen molar-refractivity contribution >= 4 is 21.4 Å². The first-order valence-corrected chi connectivity index (χ1v) is 7.86. The van der Waals surface area contributed by atoms with Gasteiger partial charge in [-0.2, -0.15) is 0 Å². The summed E-state index contributed by atoms with van der Waals surface area (Å²) in [5.41, 5.74) is 7.99. The molecule has 0 saturated heterocycles. The third-order valence-corrected chi connectivity index (χ3v) is 5.10. The van der Waals surface area contributed by atoms with Crippen molar-refractivity contribution < 1.29 is 12.8 Å². The normalized spacial score (nSPS) is 11.4. The number of nitrogens with one attached hydrogen (secondary N) is 1. The van der Waals surface area contributed by atoms with Crippen molar-refractivity contribution in [3.63, 3.8) is 0 Å². The Bertz CT molecular complexity index is 775. The third kappa shape index (κ3) is 2.85. The average Bonchev–Trinajstić information content (AvgIpc) is 2.39. The fourth-order valence-electron chi connectivity index (χ4n) is 2.18. The first-order valence-electron chi connectivity index (χ1n) is 6.37. The van der Waals surface area contributed by atoms with Crippen LogP contribution in [0.5, 0.6) is 0 Å². The average molecular weight is 308 g/mol. The molecule has 6 heteroatoms. The molecule has 2 aromatic carbocycles. The molecule has 3 N–H and O–H groups in total. The molecule has 2 rings (SSSR count). The Labute approximate surface area is 123 Å². The number of nitrogen functional groups attached to an aromatic ring is 1. The molecule has 0 aliphatic carbocycles. The summed E-state index contributed by atoms with van der Waals surface area (Å²) in [5, 5.41) is 0. The van der Waals surface area contributed by atoms with Crippen LogP contribution in [0.4, 0.5) is 15.8 Å². The van der Waals surface area contributed by atoms with Crippen LogP contribution in [0.3, 0.4) is 0 Å². The van der Waals surface area contributed by atoms with E-state index in [2.05, 4.69) is 4.72 Å². The second-order valence-corrected chi connectivity index (χ2v) is 6.57. The molecule has 0 bridgehead atoms. The van der Waals surface area contributed by atoms with Crippen LogP contribution in [0.2, 0.25) is 0 Å². The first kappa shape index (κ1) is 15.3. The maximum absolute atomic E-state index is 13.6. The highest BCUT2D eigenvalue weighted by atomic mass is 32.2. The maximum Gasteiger partial charge on any atom is 0.262 e. The number of aryl methyl sites for hydroxylation is 1. The molecule has 0 aliphatic rings. The molecule has 0 fully saturated rings. The number of sulfonamides is 1. The number of rotatable bonds is 3. The van der Waals surface area contributed by atoms with E-state index in [0.717, 1.165) is 5.56 Å². The van der Waals surface area contributed by atoms with Crippen molar-refractivity contribution in [2.75, 3.05) is 10.5 Å². The minimum absolute atomic E-state index is 0.0867. The molecular formula is C15H17FN2O2S. The van der Waals surface area contributed by atoms with Crippen LogP contribution in [0.1, 0.15) is 16.7 Å². The molecule has 0 aliphatic heterocycles. The van der Waals surface area contributed by atoms with Crippen molar-refractivity contribution in [2.24, 2.45) is 0 Å². The number of benzene rings is 2. The van der Waals surface area contributed by atoms with Crippen molar-refractivity contribution in [2.45, 2.75) is 25.7 Å². The smallest absolute Gasteiger partial charge is 0.262 e. The number of nitrogens with two attached hydrogens (primary N) is 1. The summed E-state index contributed by atoms with van der Waals surface area (Å²) >= 11 is 0. The second kappa shape index (κ2) is 5.37. The Morgan fingerprint density at radius 2 is 1.71 bits per heavy atom. The quantitative estimate of drug-likeness (QED) is 0.856. The summed E-state index contributed by atoms with van der Waals surface area (Å²) < 4.78 is 41.1. The van der Waals surface area contributed by atoms with Gasteiger partial charge in [0, 0.05) is 5.69 Å². The van der Waals surface area contributed by atoms with Crippen molar-refractivity contribution in [1.29, 1.82) is 0 Å². The van der Waals surface area contributed by atoms with Crippen LogP contribution in [0.25, 0.3) is 0 Å². The Morgan fingerprint density at radius 1 is 1.10 bits per heavy atom. The van der Waals surface area contributed by atoms with Gasteiger partial charge in [0.25, 0.3) is 10.0 Å². The fraction of sp³-hybridized carbons (Fsp3) is 0.200. The molecule has 4 nitrogen and oxygen atoms in total. The van der Waals surface area contributed by atoms with E-state index in [4.69, 9.17) is 5.73 Å². The summed E-state index contributed by atoms with van der Waals surface area (Å²) in [6.07, 6.45) is 0. The highest BCUT2D eigenvalue weighted by Crippen LogP contribution is 2.29.